The summed E-state index contributed by atoms with van der Waals surface area (Å²) in [5, 5.41) is 4.87. The number of halogens is 4. The molecule has 0 bridgehead atoms. The Morgan fingerprint density at radius 2 is 0.660 bits per heavy atom. The Balaban J connectivity index is 1.59. The molecule has 50 heavy (non-hydrogen) atoms. The van der Waals surface area contributed by atoms with Gasteiger partial charge in [0, 0.05) is 10.8 Å². The monoisotopic (exact) mass is 664 g/mol. The van der Waals surface area contributed by atoms with Crippen molar-refractivity contribution in [3.8, 4) is 22.3 Å². The third-order valence-corrected chi connectivity index (χ3v) is 10.3. The van der Waals surface area contributed by atoms with Crippen LogP contribution in [0.2, 0.25) is 0 Å². The van der Waals surface area contributed by atoms with Crippen LogP contribution >= 0.6 is 0 Å². The second-order valence-electron chi connectivity index (χ2n) is 15.4. The van der Waals surface area contributed by atoms with Gasteiger partial charge in [0.05, 0.1) is 0 Å². The molecular formula is C46H36F4. The summed E-state index contributed by atoms with van der Waals surface area (Å²) in [6.07, 6.45) is 0. The van der Waals surface area contributed by atoms with Crippen LogP contribution in [0.15, 0.2) is 109 Å². The first kappa shape index (κ1) is 32.0. The van der Waals surface area contributed by atoms with Crippen LogP contribution in [0.5, 0.6) is 0 Å². The lowest BCUT2D eigenvalue weighted by molar-refractivity contribution is 0.418. The minimum absolute atomic E-state index is 0.0596. The molecule has 8 aromatic rings. The van der Waals surface area contributed by atoms with E-state index in [9.17, 15) is 0 Å². The van der Waals surface area contributed by atoms with Crippen molar-refractivity contribution in [3.63, 3.8) is 0 Å². The molecule has 0 saturated carbocycles. The second-order valence-corrected chi connectivity index (χ2v) is 15.4. The maximum absolute atomic E-state index is 16.3. The third kappa shape index (κ3) is 4.80. The Morgan fingerprint density at radius 3 is 0.980 bits per heavy atom. The van der Waals surface area contributed by atoms with Crippen LogP contribution in [-0.4, -0.2) is 0 Å². The van der Waals surface area contributed by atoms with E-state index in [-0.39, 0.29) is 21.6 Å². The van der Waals surface area contributed by atoms with Crippen molar-refractivity contribution < 1.29 is 17.6 Å². The molecule has 0 heterocycles. The van der Waals surface area contributed by atoms with Crippen molar-refractivity contribution >= 4 is 53.9 Å². The van der Waals surface area contributed by atoms with Crippen LogP contribution in [0.1, 0.15) is 52.7 Å². The molecule has 0 aromatic heterocycles. The number of fused-ring (bicyclic) bond motifs is 10. The summed E-state index contributed by atoms with van der Waals surface area (Å²) >= 11 is 0. The molecule has 0 fully saturated rings. The molecular weight excluding hydrogens is 628 g/mol. The van der Waals surface area contributed by atoms with E-state index in [4.69, 9.17) is 0 Å². The van der Waals surface area contributed by atoms with E-state index in [0.717, 1.165) is 54.9 Å². The highest BCUT2D eigenvalue weighted by molar-refractivity contribution is 6.38. The molecule has 4 heteroatoms. The predicted molar refractivity (Wildman–Crippen MR) is 202 cm³/mol. The van der Waals surface area contributed by atoms with Gasteiger partial charge in [0.25, 0.3) is 0 Å². The minimum atomic E-state index is -1.82. The summed E-state index contributed by atoms with van der Waals surface area (Å²) in [4.78, 5) is 0. The number of hydrogen-bond donors (Lipinski definition) is 0. The Bertz CT molecular complexity index is 2480. The Labute approximate surface area is 289 Å². The smallest absolute Gasteiger partial charge is 0.198 e. The summed E-state index contributed by atoms with van der Waals surface area (Å²) in [7, 11) is 0. The minimum Gasteiger partial charge on any atom is -0.203 e. The number of benzene rings is 8. The van der Waals surface area contributed by atoms with Crippen molar-refractivity contribution in [2.75, 3.05) is 0 Å². The van der Waals surface area contributed by atoms with Gasteiger partial charge in [0.15, 0.2) is 23.3 Å². The lowest BCUT2D eigenvalue weighted by Crippen LogP contribution is -2.10. The predicted octanol–water partition coefficient (Wildman–Crippen LogP) is 13.9. The summed E-state index contributed by atoms with van der Waals surface area (Å²) in [5.41, 5.74) is 5.54. The summed E-state index contributed by atoms with van der Waals surface area (Å²) < 4.78 is 63.2. The highest BCUT2D eigenvalue weighted by Gasteiger charge is 2.28. The van der Waals surface area contributed by atoms with E-state index in [1.54, 1.807) is 0 Å². The maximum atomic E-state index is 16.3. The van der Waals surface area contributed by atoms with Gasteiger partial charge in [-0.15, -0.1) is 0 Å². The van der Waals surface area contributed by atoms with Gasteiger partial charge in [0.1, 0.15) is 0 Å². The Hall–Kier alpha value is -5.22. The molecule has 0 aliphatic carbocycles. The Morgan fingerprint density at radius 1 is 0.340 bits per heavy atom. The normalized spacial score (nSPS) is 12.6. The molecule has 0 aliphatic heterocycles. The highest BCUT2D eigenvalue weighted by atomic mass is 19.2. The maximum Gasteiger partial charge on any atom is 0.198 e. The van der Waals surface area contributed by atoms with Crippen molar-refractivity contribution in [1.82, 2.24) is 0 Å². The van der Waals surface area contributed by atoms with E-state index in [0.29, 0.717) is 21.5 Å². The fourth-order valence-electron chi connectivity index (χ4n) is 7.60. The summed E-state index contributed by atoms with van der Waals surface area (Å²) in [6, 6.07) is 35.8. The largest absolute Gasteiger partial charge is 0.203 e. The molecule has 0 nitrogen and oxygen atoms in total. The molecule has 0 amide bonds. The van der Waals surface area contributed by atoms with E-state index in [1.807, 2.05) is 84.9 Å². The lowest BCUT2D eigenvalue weighted by Gasteiger charge is -2.21. The Kier molecular flexibility index (Phi) is 7.14. The first-order chi connectivity index (χ1) is 23.8. The van der Waals surface area contributed by atoms with Gasteiger partial charge in [-0.3, -0.25) is 0 Å². The van der Waals surface area contributed by atoms with Crippen LogP contribution in [-0.2, 0) is 10.8 Å². The van der Waals surface area contributed by atoms with Crippen LogP contribution in [0, 0.1) is 23.3 Å². The molecule has 0 atom stereocenters. The van der Waals surface area contributed by atoms with Gasteiger partial charge in [-0.2, -0.15) is 0 Å². The highest BCUT2D eigenvalue weighted by Crippen LogP contribution is 2.49. The molecule has 0 spiro atoms. The van der Waals surface area contributed by atoms with E-state index in [1.165, 1.54) is 0 Å². The van der Waals surface area contributed by atoms with Crippen molar-refractivity contribution in [1.29, 1.82) is 0 Å². The van der Waals surface area contributed by atoms with E-state index >= 15 is 17.6 Å². The molecule has 0 aliphatic rings. The zero-order valence-corrected chi connectivity index (χ0v) is 28.9. The summed E-state index contributed by atoms with van der Waals surface area (Å²) in [5.74, 6) is -6.45. The molecule has 0 saturated heterocycles. The zero-order chi connectivity index (χ0) is 35.3. The number of rotatable bonds is 2. The molecule has 0 N–H and O–H groups in total. The van der Waals surface area contributed by atoms with Crippen LogP contribution in [0.3, 0.4) is 0 Å². The third-order valence-electron chi connectivity index (χ3n) is 10.3. The average Bonchev–Trinajstić information content (AvgIpc) is 3.11. The average molecular weight is 665 g/mol. The quantitative estimate of drug-likeness (QED) is 0.0747. The molecule has 8 rings (SSSR count). The first-order valence-corrected chi connectivity index (χ1v) is 17.0. The molecule has 248 valence electrons. The van der Waals surface area contributed by atoms with Gasteiger partial charge >= 0.3 is 0 Å². The summed E-state index contributed by atoms with van der Waals surface area (Å²) in [6.45, 7) is 12.9. The fraction of sp³-hybridized carbons (Fsp3) is 0.174. The standard InChI is InChI=1S/C46H36F4/c1-45(2,3)27-19-15-25(16-20-27)33-23-35-37(31-13-9-7-11-29(31)33)38-32-14-10-8-12-30(32)34(26-17-21-28(22-18-26)46(4,5)6)24-36(38)40-39(35)41(47)43(49)44(50)42(40)48/h7-24H,1-6H3. The lowest BCUT2D eigenvalue weighted by atomic mass is 9.82. The van der Waals surface area contributed by atoms with Gasteiger partial charge in [0.2, 0.25) is 0 Å². The molecule has 0 unspecified atom stereocenters. The van der Waals surface area contributed by atoms with Crippen LogP contribution < -0.4 is 0 Å². The van der Waals surface area contributed by atoms with Crippen LogP contribution in [0.4, 0.5) is 17.6 Å². The second kappa shape index (κ2) is 11.1. The van der Waals surface area contributed by atoms with Gasteiger partial charge in [-0.1, -0.05) is 139 Å². The van der Waals surface area contributed by atoms with Crippen molar-refractivity contribution in [3.05, 3.63) is 144 Å². The molecule has 8 aromatic carbocycles. The van der Waals surface area contributed by atoms with E-state index in [2.05, 4.69) is 65.8 Å². The zero-order valence-electron chi connectivity index (χ0n) is 28.9. The number of hydrogen-bond acceptors (Lipinski definition) is 0. The fourth-order valence-corrected chi connectivity index (χ4v) is 7.60. The molecule has 0 radical (unpaired) electrons. The van der Waals surface area contributed by atoms with Crippen molar-refractivity contribution in [2.45, 2.75) is 52.4 Å². The topological polar surface area (TPSA) is 0 Å². The van der Waals surface area contributed by atoms with Crippen molar-refractivity contribution in [2.24, 2.45) is 0 Å². The first-order valence-electron chi connectivity index (χ1n) is 17.0. The van der Waals surface area contributed by atoms with Gasteiger partial charge in [-0.05, 0) is 99.4 Å². The van der Waals surface area contributed by atoms with Crippen LogP contribution in [0.25, 0.3) is 76.1 Å². The SMILES string of the molecule is CC(C)(C)c1ccc(-c2cc3c4c(F)c(F)c(F)c(F)c4c4cc(-c5ccc(C(C)(C)C)cc5)c5ccccc5c4c3c3ccccc23)cc1. The van der Waals surface area contributed by atoms with Gasteiger partial charge in [-0.25, -0.2) is 17.6 Å². The van der Waals surface area contributed by atoms with Gasteiger partial charge < -0.3 is 0 Å². The van der Waals surface area contributed by atoms with E-state index < -0.39 is 23.3 Å².